The molecule has 2 aromatic carbocycles. The highest BCUT2D eigenvalue weighted by Gasteiger charge is 2.19. The highest BCUT2D eigenvalue weighted by atomic mass is 32.2. The molecule has 1 amide bonds. The van der Waals surface area contributed by atoms with Crippen LogP contribution in [0.15, 0.2) is 64.5 Å². The van der Waals surface area contributed by atoms with Gasteiger partial charge in [0.15, 0.2) is 5.16 Å². The molecule has 0 unspecified atom stereocenters. The van der Waals surface area contributed by atoms with Gasteiger partial charge >= 0.3 is 0 Å². The number of para-hydroxylation sites is 1. The zero-order valence-electron chi connectivity index (χ0n) is 17.3. The number of rotatable bonds is 6. The number of fused-ring (bicyclic) bond motifs is 1. The van der Waals surface area contributed by atoms with Crippen molar-refractivity contribution in [3.8, 4) is 11.4 Å². The summed E-state index contributed by atoms with van der Waals surface area (Å²) in [6.07, 6.45) is 0. The first-order valence-corrected chi connectivity index (χ1v) is 11.4. The summed E-state index contributed by atoms with van der Waals surface area (Å²) in [6.45, 7) is 3.93. The Morgan fingerprint density at radius 1 is 1.13 bits per heavy atom. The van der Waals surface area contributed by atoms with E-state index in [1.807, 2.05) is 56.3 Å². The fourth-order valence-corrected chi connectivity index (χ4v) is 5.06. The van der Waals surface area contributed by atoms with E-state index in [2.05, 4.69) is 5.32 Å². The third-order valence-electron chi connectivity index (χ3n) is 4.89. The molecule has 6 nitrogen and oxygen atoms in total. The maximum atomic E-state index is 13.5. The third-order valence-corrected chi connectivity index (χ3v) is 6.93. The number of hydrogen-bond acceptors (Lipinski definition) is 6. The molecule has 4 aromatic rings. The predicted octanol–water partition coefficient (Wildman–Crippen LogP) is 4.80. The summed E-state index contributed by atoms with van der Waals surface area (Å²) in [5.41, 5.74) is 2.21. The zero-order chi connectivity index (χ0) is 22.0. The first-order valence-electron chi connectivity index (χ1n) is 9.63. The standard InChI is InChI=1S/C23H21N3O3S2/c1-14-15(2)31-21-20(14)22(28)26(17-9-11-18(29-3)12-10-17)23(25-21)30-13-19(27)24-16-7-5-4-6-8-16/h4-12H,13H2,1-3H3,(H,24,27). The maximum Gasteiger partial charge on any atom is 0.267 e. The molecule has 0 fully saturated rings. The average molecular weight is 452 g/mol. The molecule has 0 spiro atoms. The van der Waals surface area contributed by atoms with E-state index in [0.29, 0.717) is 26.8 Å². The van der Waals surface area contributed by atoms with Crippen molar-refractivity contribution in [2.24, 2.45) is 0 Å². The van der Waals surface area contributed by atoms with Crippen molar-refractivity contribution in [2.75, 3.05) is 18.2 Å². The van der Waals surface area contributed by atoms with Crippen molar-refractivity contribution in [3.05, 3.63) is 75.4 Å². The number of amides is 1. The number of hydrogen-bond donors (Lipinski definition) is 1. The predicted molar refractivity (Wildman–Crippen MR) is 127 cm³/mol. The zero-order valence-corrected chi connectivity index (χ0v) is 19.0. The molecule has 0 aliphatic rings. The lowest BCUT2D eigenvalue weighted by molar-refractivity contribution is -0.113. The monoisotopic (exact) mass is 451 g/mol. The van der Waals surface area contributed by atoms with E-state index in [-0.39, 0.29) is 17.2 Å². The SMILES string of the molecule is COc1ccc(-n2c(SCC(=O)Nc3ccccc3)nc3sc(C)c(C)c3c2=O)cc1. The summed E-state index contributed by atoms with van der Waals surface area (Å²) >= 11 is 2.73. The van der Waals surface area contributed by atoms with Crippen molar-refractivity contribution in [3.63, 3.8) is 0 Å². The molecule has 0 aliphatic heterocycles. The van der Waals surface area contributed by atoms with Crippen LogP contribution in [0.4, 0.5) is 5.69 Å². The molecular weight excluding hydrogens is 430 g/mol. The molecule has 0 bridgehead atoms. The topological polar surface area (TPSA) is 73.2 Å². The van der Waals surface area contributed by atoms with Gasteiger partial charge < -0.3 is 10.1 Å². The van der Waals surface area contributed by atoms with Crippen LogP contribution in [0.25, 0.3) is 15.9 Å². The quantitative estimate of drug-likeness (QED) is 0.337. The summed E-state index contributed by atoms with van der Waals surface area (Å²) in [7, 11) is 1.60. The summed E-state index contributed by atoms with van der Waals surface area (Å²) in [6, 6.07) is 16.5. The van der Waals surface area contributed by atoms with Crippen LogP contribution < -0.4 is 15.6 Å². The van der Waals surface area contributed by atoms with E-state index in [4.69, 9.17) is 9.72 Å². The lowest BCUT2D eigenvalue weighted by Crippen LogP contribution is -2.22. The van der Waals surface area contributed by atoms with E-state index >= 15 is 0 Å². The Kier molecular flexibility index (Phi) is 6.11. The van der Waals surface area contributed by atoms with Crippen LogP contribution in [-0.4, -0.2) is 28.3 Å². The van der Waals surface area contributed by atoms with Crippen LogP contribution in [0.3, 0.4) is 0 Å². The lowest BCUT2D eigenvalue weighted by Gasteiger charge is -2.13. The van der Waals surface area contributed by atoms with E-state index in [1.165, 1.54) is 23.1 Å². The van der Waals surface area contributed by atoms with Crippen molar-refractivity contribution in [2.45, 2.75) is 19.0 Å². The fraction of sp³-hybridized carbons (Fsp3) is 0.174. The smallest absolute Gasteiger partial charge is 0.267 e. The van der Waals surface area contributed by atoms with E-state index in [9.17, 15) is 9.59 Å². The summed E-state index contributed by atoms with van der Waals surface area (Å²) < 4.78 is 6.81. The van der Waals surface area contributed by atoms with Gasteiger partial charge in [-0.2, -0.15) is 0 Å². The Morgan fingerprint density at radius 2 is 1.84 bits per heavy atom. The highest BCUT2D eigenvalue weighted by molar-refractivity contribution is 7.99. The molecule has 0 radical (unpaired) electrons. The lowest BCUT2D eigenvalue weighted by atomic mass is 10.2. The van der Waals surface area contributed by atoms with Crippen LogP contribution in [-0.2, 0) is 4.79 Å². The minimum absolute atomic E-state index is 0.131. The van der Waals surface area contributed by atoms with Crippen LogP contribution in [0.1, 0.15) is 10.4 Å². The number of carbonyl (C=O) groups excluding carboxylic acids is 1. The number of nitrogens with one attached hydrogen (secondary N) is 1. The molecule has 4 rings (SSSR count). The summed E-state index contributed by atoms with van der Waals surface area (Å²) in [5, 5.41) is 3.96. The number of thiophene rings is 1. The van der Waals surface area contributed by atoms with Crippen molar-refractivity contribution < 1.29 is 9.53 Å². The largest absolute Gasteiger partial charge is 0.497 e. The third kappa shape index (κ3) is 4.35. The molecule has 2 heterocycles. The highest BCUT2D eigenvalue weighted by Crippen LogP contribution is 2.30. The molecule has 0 saturated heterocycles. The molecule has 8 heteroatoms. The number of ether oxygens (including phenoxy) is 1. The minimum Gasteiger partial charge on any atom is -0.497 e. The van der Waals surface area contributed by atoms with Gasteiger partial charge in [0.2, 0.25) is 5.91 Å². The first-order chi connectivity index (χ1) is 15.0. The van der Waals surface area contributed by atoms with Gasteiger partial charge in [0.25, 0.3) is 5.56 Å². The van der Waals surface area contributed by atoms with Gasteiger partial charge in [0.1, 0.15) is 10.6 Å². The van der Waals surface area contributed by atoms with E-state index < -0.39 is 0 Å². The van der Waals surface area contributed by atoms with Gasteiger partial charge in [-0.3, -0.25) is 14.2 Å². The Hall–Kier alpha value is -3.10. The second-order valence-corrected chi connectivity index (χ2v) is 9.04. The number of aryl methyl sites for hydroxylation is 2. The Morgan fingerprint density at radius 3 is 2.52 bits per heavy atom. The number of methoxy groups -OCH3 is 1. The molecule has 31 heavy (non-hydrogen) atoms. The molecule has 0 saturated carbocycles. The van der Waals surface area contributed by atoms with E-state index in [0.717, 1.165) is 16.1 Å². The molecule has 1 N–H and O–H groups in total. The van der Waals surface area contributed by atoms with Gasteiger partial charge in [0.05, 0.1) is 23.9 Å². The number of benzene rings is 2. The van der Waals surface area contributed by atoms with Gasteiger partial charge in [0, 0.05) is 10.6 Å². The first kappa shape index (κ1) is 21.1. The van der Waals surface area contributed by atoms with Crippen LogP contribution >= 0.6 is 23.1 Å². The number of aromatic nitrogens is 2. The fourth-order valence-electron chi connectivity index (χ4n) is 3.18. The number of anilines is 1. The summed E-state index contributed by atoms with van der Waals surface area (Å²) in [5.74, 6) is 0.669. The van der Waals surface area contributed by atoms with Crippen molar-refractivity contribution in [1.82, 2.24) is 9.55 Å². The van der Waals surface area contributed by atoms with Gasteiger partial charge in [-0.05, 0) is 55.8 Å². The number of thioether (sulfide) groups is 1. The molecule has 158 valence electrons. The van der Waals surface area contributed by atoms with Crippen molar-refractivity contribution >= 4 is 44.9 Å². The average Bonchev–Trinajstić information content (AvgIpc) is 3.07. The second-order valence-electron chi connectivity index (χ2n) is 6.90. The molecule has 0 aliphatic carbocycles. The van der Waals surface area contributed by atoms with E-state index in [1.54, 1.807) is 23.8 Å². The van der Waals surface area contributed by atoms with Crippen LogP contribution in [0, 0.1) is 13.8 Å². The number of carbonyl (C=O) groups is 1. The maximum absolute atomic E-state index is 13.5. The van der Waals surface area contributed by atoms with Crippen LogP contribution in [0.5, 0.6) is 5.75 Å². The van der Waals surface area contributed by atoms with Gasteiger partial charge in [-0.25, -0.2) is 4.98 Å². The Labute approximate surface area is 187 Å². The summed E-state index contributed by atoms with van der Waals surface area (Å²) in [4.78, 5) is 32.4. The van der Waals surface area contributed by atoms with Crippen LogP contribution in [0.2, 0.25) is 0 Å². The Balaban J connectivity index is 1.72. The van der Waals surface area contributed by atoms with Gasteiger partial charge in [-0.1, -0.05) is 30.0 Å². The van der Waals surface area contributed by atoms with Crippen molar-refractivity contribution in [1.29, 1.82) is 0 Å². The minimum atomic E-state index is -0.162. The second kappa shape index (κ2) is 8.95. The molecule has 0 atom stereocenters. The normalized spacial score (nSPS) is 10.9. The molecule has 2 aromatic heterocycles. The van der Waals surface area contributed by atoms with Gasteiger partial charge in [-0.15, -0.1) is 11.3 Å². The number of nitrogens with zero attached hydrogens (tertiary/aromatic N) is 2. The Bertz CT molecular complexity index is 1300. The molecular formula is C23H21N3O3S2.